The summed E-state index contributed by atoms with van der Waals surface area (Å²) in [6.07, 6.45) is 1.37. The number of nitrogens with two attached hydrogens (primary N) is 1. The van der Waals surface area contributed by atoms with E-state index in [1.165, 1.54) is 0 Å². The molecule has 1 aliphatic rings. The second-order valence-corrected chi connectivity index (χ2v) is 6.41. The van der Waals surface area contributed by atoms with Crippen LogP contribution in [0.25, 0.3) is 0 Å². The quantitative estimate of drug-likeness (QED) is 0.869. The highest BCUT2D eigenvalue weighted by Crippen LogP contribution is 2.36. The van der Waals surface area contributed by atoms with Gasteiger partial charge in [0.1, 0.15) is 4.90 Å². The Labute approximate surface area is 104 Å². The SMILES string of the molecule is CC1(NS(=O)(=O)c2cc(CN)cc(F)c2F)CC1. The lowest BCUT2D eigenvalue weighted by Crippen LogP contribution is -2.35. The maximum atomic E-state index is 13.6. The first-order valence-corrected chi connectivity index (χ1v) is 6.98. The molecular weight excluding hydrogens is 262 g/mol. The fourth-order valence-electron chi connectivity index (χ4n) is 1.60. The summed E-state index contributed by atoms with van der Waals surface area (Å²) in [6, 6.07) is 1.96. The molecule has 0 bridgehead atoms. The van der Waals surface area contributed by atoms with Crippen molar-refractivity contribution in [3.63, 3.8) is 0 Å². The number of hydrogen-bond donors (Lipinski definition) is 2. The average Bonchev–Trinajstić information content (AvgIpc) is 2.98. The Morgan fingerprint density at radius 1 is 1.39 bits per heavy atom. The van der Waals surface area contributed by atoms with Gasteiger partial charge in [0.2, 0.25) is 10.0 Å². The summed E-state index contributed by atoms with van der Waals surface area (Å²) in [5, 5.41) is 0. The fraction of sp³-hybridized carbons (Fsp3) is 0.455. The van der Waals surface area contributed by atoms with Gasteiger partial charge in [0.25, 0.3) is 0 Å². The molecule has 1 aromatic carbocycles. The Morgan fingerprint density at radius 2 is 2.00 bits per heavy atom. The van der Waals surface area contributed by atoms with Gasteiger partial charge in [-0.05, 0) is 37.5 Å². The molecule has 0 saturated heterocycles. The minimum atomic E-state index is -4.06. The molecule has 18 heavy (non-hydrogen) atoms. The average molecular weight is 276 g/mol. The van der Waals surface area contributed by atoms with Crippen LogP contribution >= 0.6 is 0 Å². The van der Waals surface area contributed by atoms with E-state index in [0.717, 1.165) is 12.1 Å². The van der Waals surface area contributed by atoms with Crippen LogP contribution in [0.15, 0.2) is 17.0 Å². The first-order valence-electron chi connectivity index (χ1n) is 5.49. The molecular formula is C11H14F2N2O2S. The monoisotopic (exact) mass is 276 g/mol. The molecule has 4 nitrogen and oxygen atoms in total. The van der Waals surface area contributed by atoms with Crippen LogP contribution in [0.2, 0.25) is 0 Å². The van der Waals surface area contributed by atoms with Crippen molar-refractivity contribution in [1.29, 1.82) is 0 Å². The van der Waals surface area contributed by atoms with Crippen molar-refractivity contribution in [2.45, 2.75) is 36.7 Å². The second kappa shape index (κ2) is 4.25. The number of sulfonamides is 1. The number of rotatable bonds is 4. The van der Waals surface area contributed by atoms with E-state index in [2.05, 4.69) is 4.72 Å². The van der Waals surface area contributed by atoms with E-state index in [4.69, 9.17) is 5.73 Å². The highest BCUT2D eigenvalue weighted by molar-refractivity contribution is 7.89. The van der Waals surface area contributed by atoms with Gasteiger partial charge in [-0.25, -0.2) is 21.9 Å². The predicted octanol–water partition coefficient (Wildman–Crippen LogP) is 1.25. The molecule has 1 aliphatic carbocycles. The van der Waals surface area contributed by atoms with E-state index in [-0.39, 0.29) is 12.1 Å². The summed E-state index contributed by atoms with van der Waals surface area (Å²) >= 11 is 0. The first kappa shape index (κ1) is 13.4. The zero-order valence-corrected chi connectivity index (χ0v) is 10.7. The molecule has 0 radical (unpaired) electrons. The second-order valence-electron chi connectivity index (χ2n) is 4.76. The lowest BCUT2D eigenvalue weighted by atomic mass is 10.2. The highest BCUT2D eigenvalue weighted by atomic mass is 32.2. The van der Waals surface area contributed by atoms with Crippen molar-refractivity contribution in [2.75, 3.05) is 0 Å². The molecule has 1 saturated carbocycles. The van der Waals surface area contributed by atoms with E-state index >= 15 is 0 Å². The van der Waals surface area contributed by atoms with Gasteiger partial charge >= 0.3 is 0 Å². The smallest absolute Gasteiger partial charge is 0.244 e. The van der Waals surface area contributed by atoms with Gasteiger partial charge in [-0.2, -0.15) is 0 Å². The minimum Gasteiger partial charge on any atom is -0.326 e. The third-order valence-corrected chi connectivity index (χ3v) is 4.60. The van der Waals surface area contributed by atoms with Crippen LogP contribution in [0.5, 0.6) is 0 Å². The maximum Gasteiger partial charge on any atom is 0.244 e. The fourth-order valence-corrected chi connectivity index (χ4v) is 3.20. The number of hydrogen-bond acceptors (Lipinski definition) is 3. The van der Waals surface area contributed by atoms with Gasteiger partial charge in [0, 0.05) is 12.1 Å². The molecule has 0 amide bonds. The van der Waals surface area contributed by atoms with Crippen LogP contribution < -0.4 is 10.5 Å². The molecule has 0 spiro atoms. The maximum absolute atomic E-state index is 13.6. The van der Waals surface area contributed by atoms with Gasteiger partial charge < -0.3 is 5.73 Å². The molecule has 3 N–H and O–H groups in total. The molecule has 7 heteroatoms. The molecule has 0 heterocycles. The van der Waals surface area contributed by atoms with Gasteiger partial charge in [0.15, 0.2) is 11.6 Å². The Balaban J connectivity index is 2.46. The molecule has 1 fully saturated rings. The van der Waals surface area contributed by atoms with Crippen LogP contribution in [0.3, 0.4) is 0 Å². The minimum absolute atomic E-state index is 0.0585. The normalized spacial score (nSPS) is 17.8. The summed E-state index contributed by atoms with van der Waals surface area (Å²) in [4.78, 5) is -0.684. The molecule has 100 valence electrons. The summed E-state index contributed by atoms with van der Waals surface area (Å²) < 4.78 is 53.2. The highest BCUT2D eigenvalue weighted by Gasteiger charge is 2.42. The van der Waals surface area contributed by atoms with Crippen LogP contribution in [-0.4, -0.2) is 14.0 Å². The number of nitrogens with one attached hydrogen (secondary N) is 1. The summed E-state index contributed by atoms with van der Waals surface area (Å²) in [6.45, 7) is 1.66. The summed E-state index contributed by atoms with van der Waals surface area (Å²) in [5.74, 6) is -2.58. The number of halogens is 2. The van der Waals surface area contributed by atoms with E-state index in [9.17, 15) is 17.2 Å². The van der Waals surface area contributed by atoms with Crippen LogP contribution in [0, 0.1) is 11.6 Å². The van der Waals surface area contributed by atoms with Gasteiger partial charge in [-0.15, -0.1) is 0 Å². The van der Waals surface area contributed by atoms with Crippen molar-refractivity contribution in [2.24, 2.45) is 5.73 Å². The van der Waals surface area contributed by atoms with Gasteiger partial charge in [-0.1, -0.05) is 0 Å². The Kier molecular flexibility index (Phi) is 3.16. The van der Waals surface area contributed by atoms with Crippen molar-refractivity contribution < 1.29 is 17.2 Å². The molecule has 0 aromatic heterocycles. The van der Waals surface area contributed by atoms with Gasteiger partial charge in [-0.3, -0.25) is 0 Å². The Bertz CT molecular complexity index is 583. The zero-order valence-electron chi connectivity index (χ0n) is 9.83. The third-order valence-electron chi connectivity index (χ3n) is 2.96. The topological polar surface area (TPSA) is 72.2 Å². The van der Waals surface area contributed by atoms with Gasteiger partial charge in [0.05, 0.1) is 0 Å². The van der Waals surface area contributed by atoms with Crippen molar-refractivity contribution >= 4 is 10.0 Å². The summed E-state index contributed by atoms with van der Waals surface area (Å²) in [5.41, 5.74) is 5.01. The van der Waals surface area contributed by atoms with Crippen molar-refractivity contribution in [3.8, 4) is 0 Å². The Hall–Kier alpha value is -1.05. The van der Waals surface area contributed by atoms with E-state index in [1.807, 2.05) is 0 Å². The number of benzene rings is 1. The standard InChI is InChI=1S/C11H14F2N2O2S/c1-11(2-3-11)15-18(16,17)9-5-7(6-14)4-8(12)10(9)13/h4-5,15H,2-3,6,14H2,1H3. The van der Waals surface area contributed by atoms with E-state index < -0.39 is 32.1 Å². The van der Waals surface area contributed by atoms with E-state index in [0.29, 0.717) is 12.8 Å². The summed E-state index contributed by atoms with van der Waals surface area (Å²) in [7, 11) is -4.06. The predicted molar refractivity (Wildman–Crippen MR) is 62.2 cm³/mol. The largest absolute Gasteiger partial charge is 0.326 e. The Morgan fingerprint density at radius 3 is 2.50 bits per heavy atom. The molecule has 1 aromatic rings. The lowest BCUT2D eigenvalue weighted by molar-refractivity contribution is 0.479. The molecule has 0 aliphatic heterocycles. The van der Waals surface area contributed by atoms with Crippen LogP contribution in [0.4, 0.5) is 8.78 Å². The van der Waals surface area contributed by atoms with Crippen LogP contribution in [0.1, 0.15) is 25.3 Å². The third kappa shape index (κ3) is 2.52. The molecule has 2 rings (SSSR count). The molecule has 0 unspecified atom stereocenters. The first-order chi connectivity index (χ1) is 8.27. The molecule has 0 atom stereocenters. The van der Waals surface area contributed by atoms with Crippen molar-refractivity contribution in [1.82, 2.24) is 4.72 Å². The van der Waals surface area contributed by atoms with Crippen molar-refractivity contribution in [3.05, 3.63) is 29.3 Å². The van der Waals surface area contributed by atoms with Crippen LogP contribution in [-0.2, 0) is 16.6 Å². The zero-order chi connectivity index (χ0) is 13.6. The van der Waals surface area contributed by atoms with E-state index in [1.54, 1.807) is 6.92 Å². The lowest BCUT2D eigenvalue weighted by Gasteiger charge is -2.13.